The molecule has 0 rings (SSSR count). The second-order valence-electron chi connectivity index (χ2n) is 18.1. The van der Waals surface area contributed by atoms with Crippen LogP contribution >= 0.6 is 0 Å². The first-order valence-electron chi connectivity index (χ1n) is 27.2. The van der Waals surface area contributed by atoms with Gasteiger partial charge in [-0.15, -0.1) is 0 Å². The summed E-state index contributed by atoms with van der Waals surface area (Å²) in [5.74, 6) is -0.447. The number of carbonyl (C=O) groups excluding carboxylic acids is 2. The van der Waals surface area contributed by atoms with Crippen LogP contribution in [0.15, 0.2) is 48.6 Å². The number of hydrogen-bond acceptors (Lipinski definition) is 5. The zero-order valence-electron chi connectivity index (χ0n) is 41.6. The molecule has 0 heterocycles. The highest BCUT2D eigenvalue weighted by atomic mass is 16.6. The van der Waals surface area contributed by atoms with E-state index < -0.39 is 6.10 Å². The Morgan fingerprint density at radius 3 is 1.13 bits per heavy atom. The summed E-state index contributed by atoms with van der Waals surface area (Å²) >= 11 is 0. The first-order chi connectivity index (χ1) is 30.6. The van der Waals surface area contributed by atoms with Crippen molar-refractivity contribution in [2.75, 3.05) is 19.8 Å². The number of esters is 2. The Morgan fingerprint density at radius 2 is 0.694 bits per heavy atom. The summed E-state index contributed by atoms with van der Waals surface area (Å²) in [5.41, 5.74) is 0. The normalized spacial score (nSPS) is 12.5. The van der Waals surface area contributed by atoms with Gasteiger partial charge in [0, 0.05) is 19.4 Å². The number of carbonyl (C=O) groups is 2. The maximum Gasteiger partial charge on any atom is 0.306 e. The van der Waals surface area contributed by atoms with Crippen LogP contribution in [0, 0.1) is 0 Å². The molecule has 0 spiro atoms. The minimum atomic E-state index is -0.553. The van der Waals surface area contributed by atoms with E-state index in [0.717, 1.165) is 57.8 Å². The molecule has 0 N–H and O–H groups in total. The molecule has 0 saturated heterocycles. The zero-order chi connectivity index (χ0) is 44.9. The molecular weight excluding hydrogens is 765 g/mol. The molecule has 0 saturated carbocycles. The quantitative estimate of drug-likeness (QED) is 0.0346. The van der Waals surface area contributed by atoms with Crippen molar-refractivity contribution in [2.24, 2.45) is 0 Å². The van der Waals surface area contributed by atoms with Gasteiger partial charge < -0.3 is 14.2 Å². The Balaban J connectivity index is 4.31. The SMILES string of the molecule is CCCCC/C=C\C/C=C\C/C=C\C/C=C\CCCC(=O)OC[C@@H](COCCCCCCCCCCCCCCCCCC)OC(=O)CCCCCCCCCCCCCCC. The molecule has 0 amide bonds. The van der Waals surface area contributed by atoms with Gasteiger partial charge in [0.2, 0.25) is 0 Å². The third kappa shape index (κ3) is 50.5. The van der Waals surface area contributed by atoms with Gasteiger partial charge in [-0.25, -0.2) is 0 Å². The Hall–Kier alpha value is -2.14. The van der Waals surface area contributed by atoms with E-state index in [1.165, 1.54) is 186 Å². The Morgan fingerprint density at radius 1 is 0.355 bits per heavy atom. The van der Waals surface area contributed by atoms with Gasteiger partial charge in [0.25, 0.3) is 0 Å². The van der Waals surface area contributed by atoms with Gasteiger partial charge >= 0.3 is 11.9 Å². The molecule has 0 aromatic rings. The summed E-state index contributed by atoms with van der Waals surface area (Å²) in [7, 11) is 0. The molecule has 62 heavy (non-hydrogen) atoms. The van der Waals surface area contributed by atoms with Gasteiger partial charge in [-0.2, -0.15) is 0 Å². The minimum Gasteiger partial charge on any atom is -0.462 e. The molecule has 0 aromatic heterocycles. The molecule has 0 aliphatic rings. The van der Waals surface area contributed by atoms with Crippen LogP contribution in [0.3, 0.4) is 0 Å². The molecule has 0 unspecified atom stereocenters. The highest BCUT2D eigenvalue weighted by Crippen LogP contribution is 2.16. The van der Waals surface area contributed by atoms with Gasteiger partial charge in [-0.1, -0.05) is 256 Å². The van der Waals surface area contributed by atoms with Gasteiger partial charge in [0.05, 0.1) is 6.61 Å². The van der Waals surface area contributed by atoms with Crippen molar-refractivity contribution in [1.29, 1.82) is 0 Å². The fourth-order valence-electron chi connectivity index (χ4n) is 7.80. The van der Waals surface area contributed by atoms with E-state index in [1.54, 1.807) is 0 Å². The lowest BCUT2D eigenvalue weighted by Gasteiger charge is -2.18. The number of allylic oxidation sites excluding steroid dienone is 8. The number of hydrogen-bond donors (Lipinski definition) is 0. The standard InChI is InChI=1S/C57H104O5/c1-4-7-10-13-16-19-22-25-27-29-30-33-35-38-41-44-47-50-56(58)61-54-55(62-57(59)51-48-45-42-39-36-32-24-21-18-15-12-9-6-3)53-60-52-49-46-43-40-37-34-31-28-26-23-20-17-14-11-8-5-2/h16,19,25,27,30,33,38,41,55H,4-15,17-18,20-24,26,28-29,31-32,34-37,39-40,42-54H2,1-3H3/b19-16-,27-25-,33-30-,41-38-/t55-/m1/s1. The molecule has 0 aliphatic carbocycles. The monoisotopic (exact) mass is 869 g/mol. The number of ether oxygens (including phenoxy) is 3. The average molecular weight is 869 g/mol. The van der Waals surface area contributed by atoms with E-state index in [2.05, 4.69) is 69.4 Å². The summed E-state index contributed by atoms with van der Waals surface area (Å²) in [6.07, 6.45) is 65.5. The van der Waals surface area contributed by atoms with Gasteiger partial charge in [-0.3, -0.25) is 9.59 Å². The lowest BCUT2D eigenvalue weighted by molar-refractivity contribution is -0.163. The third-order valence-electron chi connectivity index (χ3n) is 11.9. The zero-order valence-corrected chi connectivity index (χ0v) is 41.6. The van der Waals surface area contributed by atoms with Crippen LogP contribution in [0.4, 0.5) is 0 Å². The molecule has 0 aliphatic heterocycles. The summed E-state index contributed by atoms with van der Waals surface area (Å²) in [6, 6.07) is 0. The Labute approximate surface area is 386 Å². The number of unbranched alkanes of at least 4 members (excludes halogenated alkanes) is 31. The van der Waals surface area contributed by atoms with Crippen molar-refractivity contribution in [2.45, 2.75) is 284 Å². The van der Waals surface area contributed by atoms with Crippen LogP contribution < -0.4 is 0 Å². The van der Waals surface area contributed by atoms with Crippen molar-refractivity contribution in [1.82, 2.24) is 0 Å². The minimum absolute atomic E-state index is 0.0620. The van der Waals surface area contributed by atoms with Crippen molar-refractivity contribution < 1.29 is 23.8 Å². The summed E-state index contributed by atoms with van der Waals surface area (Å²) < 4.78 is 17.4. The van der Waals surface area contributed by atoms with Crippen LogP contribution in [0.2, 0.25) is 0 Å². The predicted octanol–water partition coefficient (Wildman–Crippen LogP) is 18.3. The largest absolute Gasteiger partial charge is 0.462 e. The van der Waals surface area contributed by atoms with Gasteiger partial charge in [0.1, 0.15) is 6.61 Å². The molecule has 1 atom stereocenters. The highest BCUT2D eigenvalue weighted by molar-refractivity contribution is 5.70. The molecule has 362 valence electrons. The van der Waals surface area contributed by atoms with Crippen LogP contribution in [-0.4, -0.2) is 37.9 Å². The van der Waals surface area contributed by atoms with Crippen molar-refractivity contribution in [3.8, 4) is 0 Å². The lowest BCUT2D eigenvalue weighted by Crippen LogP contribution is -2.30. The van der Waals surface area contributed by atoms with E-state index in [1.807, 2.05) is 0 Å². The van der Waals surface area contributed by atoms with E-state index >= 15 is 0 Å². The molecule has 0 fully saturated rings. The van der Waals surface area contributed by atoms with Crippen molar-refractivity contribution in [3.05, 3.63) is 48.6 Å². The topological polar surface area (TPSA) is 61.8 Å². The molecule has 0 bridgehead atoms. The Kier molecular flexibility index (Phi) is 51.4. The smallest absolute Gasteiger partial charge is 0.306 e. The fraction of sp³-hybridized carbons (Fsp3) is 0.825. The van der Waals surface area contributed by atoms with Gasteiger partial charge in [0.15, 0.2) is 6.10 Å². The average Bonchev–Trinajstić information content (AvgIpc) is 3.27. The first-order valence-corrected chi connectivity index (χ1v) is 27.2. The van der Waals surface area contributed by atoms with Crippen LogP contribution in [-0.2, 0) is 23.8 Å². The summed E-state index contributed by atoms with van der Waals surface area (Å²) in [4.78, 5) is 25.4. The highest BCUT2D eigenvalue weighted by Gasteiger charge is 2.17. The predicted molar refractivity (Wildman–Crippen MR) is 270 cm³/mol. The maximum absolute atomic E-state index is 12.8. The van der Waals surface area contributed by atoms with E-state index in [0.29, 0.717) is 19.4 Å². The third-order valence-corrected chi connectivity index (χ3v) is 11.9. The summed E-state index contributed by atoms with van der Waals surface area (Å²) in [6.45, 7) is 7.79. The molecule has 0 aromatic carbocycles. The lowest BCUT2D eigenvalue weighted by atomic mass is 10.0. The number of rotatable bonds is 50. The molecular formula is C57H104O5. The second kappa shape index (κ2) is 53.2. The fourth-order valence-corrected chi connectivity index (χ4v) is 7.80. The first kappa shape index (κ1) is 59.9. The molecule has 5 nitrogen and oxygen atoms in total. The molecule has 0 radical (unpaired) electrons. The van der Waals surface area contributed by atoms with Crippen molar-refractivity contribution >= 4 is 11.9 Å². The van der Waals surface area contributed by atoms with E-state index in [4.69, 9.17) is 14.2 Å². The summed E-state index contributed by atoms with van der Waals surface area (Å²) in [5, 5.41) is 0. The van der Waals surface area contributed by atoms with Crippen molar-refractivity contribution in [3.63, 3.8) is 0 Å². The molecule has 5 heteroatoms. The van der Waals surface area contributed by atoms with Crippen LogP contribution in [0.5, 0.6) is 0 Å². The maximum atomic E-state index is 12.8. The van der Waals surface area contributed by atoms with Gasteiger partial charge in [-0.05, 0) is 57.8 Å². The van der Waals surface area contributed by atoms with Crippen LogP contribution in [0.25, 0.3) is 0 Å². The van der Waals surface area contributed by atoms with E-state index in [9.17, 15) is 9.59 Å². The second-order valence-corrected chi connectivity index (χ2v) is 18.1. The van der Waals surface area contributed by atoms with E-state index in [-0.39, 0.29) is 25.2 Å². The Bertz CT molecular complexity index is 1030. The van der Waals surface area contributed by atoms with Crippen LogP contribution in [0.1, 0.15) is 278 Å².